The smallest absolute Gasteiger partial charge is 0.344 e. The van der Waals surface area contributed by atoms with Gasteiger partial charge in [-0.05, 0) is 31.0 Å². The molecular formula is C18H20ClN3O6. The van der Waals surface area contributed by atoms with Gasteiger partial charge in [-0.1, -0.05) is 30.9 Å². The zero-order valence-electron chi connectivity index (χ0n) is 15.2. The first kappa shape index (κ1) is 19.9. The van der Waals surface area contributed by atoms with E-state index in [4.69, 9.17) is 21.1 Å². The number of amides is 4. The number of carbonyl (C=O) groups is 4. The topological polar surface area (TPSA) is 114 Å². The molecule has 1 aliphatic heterocycles. The number of hydrogen-bond acceptors (Lipinski definition) is 6. The van der Waals surface area contributed by atoms with Crippen LogP contribution in [0.2, 0.25) is 5.02 Å². The molecule has 1 spiro atoms. The summed E-state index contributed by atoms with van der Waals surface area (Å²) in [6, 6.07) is 3.70. The number of hydrogen-bond donors (Lipinski definition) is 2. The molecule has 0 aromatic heterocycles. The summed E-state index contributed by atoms with van der Waals surface area (Å²) in [6.07, 6.45) is 3.72. The van der Waals surface area contributed by atoms with Crippen molar-refractivity contribution in [3.63, 3.8) is 0 Å². The van der Waals surface area contributed by atoms with Gasteiger partial charge in [0, 0.05) is 5.02 Å². The molecule has 2 N–H and O–H groups in total. The Morgan fingerprint density at radius 1 is 1.25 bits per heavy atom. The Balaban J connectivity index is 1.59. The monoisotopic (exact) mass is 409 g/mol. The number of hydrazine groups is 1. The van der Waals surface area contributed by atoms with Crippen LogP contribution in [0.1, 0.15) is 42.5 Å². The molecule has 0 radical (unpaired) electrons. The first-order chi connectivity index (χ1) is 13.4. The molecule has 1 saturated heterocycles. The predicted molar refractivity (Wildman–Crippen MR) is 97.6 cm³/mol. The highest BCUT2D eigenvalue weighted by Gasteiger charge is 2.52. The molecule has 2 fully saturated rings. The molecule has 0 bridgehead atoms. The van der Waals surface area contributed by atoms with Crippen molar-refractivity contribution < 1.29 is 28.7 Å². The number of halogens is 1. The third kappa shape index (κ3) is 3.89. The molecule has 1 aromatic rings. The summed E-state index contributed by atoms with van der Waals surface area (Å²) in [5.74, 6) is -1.89. The van der Waals surface area contributed by atoms with E-state index in [0.29, 0.717) is 22.9 Å². The van der Waals surface area contributed by atoms with E-state index < -0.39 is 36.0 Å². The average molecular weight is 410 g/mol. The van der Waals surface area contributed by atoms with E-state index in [9.17, 15) is 19.2 Å². The normalized spacial score (nSPS) is 18.0. The van der Waals surface area contributed by atoms with E-state index in [-0.39, 0.29) is 11.3 Å². The Labute approximate surface area is 166 Å². The second-order valence-corrected chi connectivity index (χ2v) is 7.11. The molecule has 150 valence electrons. The maximum Gasteiger partial charge on any atom is 0.344 e. The molecule has 1 heterocycles. The van der Waals surface area contributed by atoms with Crippen molar-refractivity contribution >= 4 is 35.4 Å². The van der Waals surface area contributed by atoms with Gasteiger partial charge in [-0.15, -0.1) is 0 Å². The lowest BCUT2D eigenvalue weighted by atomic mass is 9.82. The third-order valence-corrected chi connectivity index (χ3v) is 5.06. The zero-order valence-corrected chi connectivity index (χ0v) is 16.0. The van der Waals surface area contributed by atoms with Gasteiger partial charge >= 0.3 is 12.0 Å². The van der Waals surface area contributed by atoms with Crippen molar-refractivity contribution in [2.24, 2.45) is 0 Å². The number of urea groups is 1. The van der Waals surface area contributed by atoms with Crippen LogP contribution >= 0.6 is 11.6 Å². The van der Waals surface area contributed by atoms with Gasteiger partial charge in [-0.3, -0.25) is 15.0 Å². The van der Waals surface area contributed by atoms with Crippen molar-refractivity contribution in [1.82, 2.24) is 15.8 Å². The van der Waals surface area contributed by atoms with Crippen LogP contribution in [0.3, 0.4) is 0 Å². The first-order valence-electron chi connectivity index (χ1n) is 8.83. The van der Waals surface area contributed by atoms with Gasteiger partial charge in [0.15, 0.2) is 6.61 Å². The third-order valence-electron chi connectivity index (χ3n) is 4.82. The molecule has 3 rings (SSSR count). The minimum absolute atomic E-state index is 0.0546. The summed E-state index contributed by atoms with van der Waals surface area (Å²) in [4.78, 5) is 49.0. The van der Waals surface area contributed by atoms with Crippen molar-refractivity contribution in [3.05, 3.63) is 28.8 Å². The summed E-state index contributed by atoms with van der Waals surface area (Å²) in [5.41, 5.74) is 1.30. The zero-order chi connectivity index (χ0) is 20.3. The minimum Gasteiger partial charge on any atom is -0.496 e. The summed E-state index contributed by atoms with van der Waals surface area (Å²) in [7, 11) is 1.38. The number of nitrogens with one attached hydrogen (secondary N) is 2. The van der Waals surface area contributed by atoms with Crippen molar-refractivity contribution in [1.29, 1.82) is 0 Å². The van der Waals surface area contributed by atoms with Gasteiger partial charge < -0.3 is 14.8 Å². The van der Waals surface area contributed by atoms with Crippen LogP contribution in [0.5, 0.6) is 5.75 Å². The molecule has 1 aliphatic carbocycles. The number of carbonyl (C=O) groups excluding carboxylic acids is 4. The summed E-state index contributed by atoms with van der Waals surface area (Å²) in [5, 5.41) is 3.62. The quantitative estimate of drug-likeness (QED) is 0.566. The van der Waals surface area contributed by atoms with E-state index in [0.717, 1.165) is 19.3 Å². The summed E-state index contributed by atoms with van der Waals surface area (Å²) >= 11 is 5.87. The fraction of sp³-hybridized carbons (Fsp3) is 0.444. The Bertz CT molecular complexity index is 822. The Kier molecular flexibility index (Phi) is 5.73. The van der Waals surface area contributed by atoms with E-state index in [1.165, 1.54) is 19.2 Å². The molecular weight excluding hydrogens is 390 g/mol. The highest BCUT2D eigenvalue weighted by Crippen LogP contribution is 2.33. The van der Waals surface area contributed by atoms with Crippen LogP contribution in [0.15, 0.2) is 18.2 Å². The van der Waals surface area contributed by atoms with Crippen LogP contribution in [-0.2, 0) is 14.3 Å². The van der Waals surface area contributed by atoms with Crippen LogP contribution in [0.4, 0.5) is 4.79 Å². The number of esters is 1. The minimum atomic E-state index is -0.951. The van der Waals surface area contributed by atoms with Gasteiger partial charge in [0.25, 0.3) is 11.8 Å². The molecule has 2 aliphatic rings. The lowest BCUT2D eigenvalue weighted by Gasteiger charge is -2.30. The Morgan fingerprint density at radius 2 is 1.96 bits per heavy atom. The number of benzene rings is 1. The number of nitrogens with zero attached hydrogens (tertiary/aromatic N) is 1. The first-order valence-corrected chi connectivity index (χ1v) is 9.21. The second kappa shape index (κ2) is 8.05. The van der Waals surface area contributed by atoms with Crippen LogP contribution in [0.25, 0.3) is 0 Å². The number of rotatable bonds is 5. The average Bonchev–Trinajstić information content (AvgIpc) is 2.90. The van der Waals surface area contributed by atoms with E-state index in [2.05, 4.69) is 10.7 Å². The van der Waals surface area contributed by atoms with Gasteiger partial charge in [0.1, 0.15) is 16.9 Å². The molecule has 1 aromatic carbocycles. The van der Waals surface area contributed by atoms with Crippen molar-refractivity contribution in [2.75, 3.05) is 13.7 Å². The fourth-order valence-corrected chi connectivity index (χ4v) is 3.59. The van der Waals surface area contributed by atoms with E-state index in [1.807, 2.05) is 0 Å². The standard InChI is InChI=1S/C18H20ClN3O6/c1-27-13-6-5-11(19)9-12(13)15(24)28-10-14(23)21-22-16(25)18(20-17(22)26)7-3-2-4-8-18/h5-6,9H,2-4,7-8,10H2,1H3,(H,20,26)(H,21,23). The number of ether oxygens (including phenoxy) is 2. The van der Waals surface area contributed by atoms with Gasteiger partial charge in [-0.25, -0.2) is 9.59 Å². The number of methoxy groups -OCH3 is 1. The van der Waals surface area contributed by atoms with Crippen LogP contribution in [-0.4, -0.2) is 48.1 Å². The van der Waals surface area contributed by atoms with E-state index in [1.54, 1.807) is 6.07 Å². The lowest BCUT2D eigenvalue weighted by Crippen LogP contribution is -2.51. The molecule has 1 saturated carbocycles. The second-order valence-electron chi connectivity index (χ2n) is 6.67. The maximum atomic E-state index is 12.6. The summed E-state index contributed by atoms with van der Waals surface area (Å²) in [6.45, 7) is -0.682. The van der Waals surface area contributed by atoms with Crippen LogP contribution < -0.4 is 15.5 Å². The molecule has 10 heteroatoms. The molecule has 28 heavy (non-hydrogen) atoms. The molecule has 9 nitrogen and oxygen atoms in total. The van der Waals surface area contributed by atoms with Crippen LogP contribution in [0, 0.1) is 0 Å². The highest BCUT2D eigenvalue weighted by molar-refractivity contribution is 6.31. The van der Waals surface area contributed by atoms with Gasteiger partial charge in [0.05, 0.1) is 7.11 Å². The molecule has 0 unspecified atom stereocenters. The summed E-state index contributed by atoms with van der Waals surface area (Å²) < 4.78 is 10.0. The SMILES string of the molecule is COc1ccc(Cl)cc1C(=O)OCC(=O)NN1C(=O)NC2(CCCCC2)C1=O. The Hall–Kier alpha value is -2.81. The van der Waals surface area contributed by atoms with Gasteiger partial charge in [-0.2, -0.15) is 5.01 Å². The highest BCUT2D eigenvalue weighted by atomic mass is 35.5. The van der Waals surface area contributed by atoms with Crippen molar-refractivity contribution in [3.8, 4) is 5.75 Å². The Morgan fingerprint density at radius 3 is 2.64 bits per heavy atom. The molecule has 4 amide bonds. The molecule has 0 atom stereocenters. The predicted octanol–water partition coefficient (Wildman–Crippen LogP) is 1.79. The van der Waals surface area contributed by atoms with E-state index >= 15 is 0 Å². The largest absolute Gasteiger partial charge is 0.496 e. The number of imide groups is 1. The maximum absolute atomic E-state index is 12.6. The fourth-order valence-electron chi connectivity index (χ4n) is 3.42. The lowest BCUT2D eigenvalue weighted by molar-refractivity contribution is -0.140. The van der Waals surface area contributed by atoms with Crippen molar-refractivity contribution in [2.45, 2.75) is 37.6 Å². The van der Waals surface area contributed by atoms with Gasteiger partial charge in [0.2, 0.25) is 0 Å².